The molecule has 0 aliphatic heterocycles. The number of ether oxygens (including phenoxy) is 1. The third-order valence-corrected chi connectivity index (χ3v) is 4.52. The molecule has 1 amide bonds. The van der Waals surface area contributed by atoms with Crippen LogP contribution in [-0.4, -0.2) is 12.5 Å². The van der Waals surface area contributed by atoms with E-state index in [1.165, 1.54) is 6.42 Å². The summed E-state index contributed by atoms with van der Waals surface area (Å²) in [4.78, 5) is 12.4. The number of rotatable bonds is 8. The van der Waals surface area contributed by atoms with Crippen molar-refractivity contribution < 1.29 is 9.53 Å². The summed E-state index contributed by atoms with van der Waals surface area (Å²) in [7, 11) is 0. The number of para-hydroxylation sites is 1. The van der Waals surface area contributed by atoms with Gasteiger partial charge < -0.3 is 10.1 Å². The van der Waals surface area contributed by atoms with Crippen LogP contribution >= 0.6 is 34.8 Å². The third kappa shape index (κ3) is 5.81. The molecule has 0 aliphatic carbocycles. The molecule has 0 saturated heterocycles. The van der Waals surface area contributed by atoms with Gasteiger partial charge in [-0.1, -0.05) is 73.1 Å². The van der Waals surface area contributed by atoms with E-state index in [9.17, 15) is 4.79 Å². The highest BCUT2D eigenvalue weighted by Gasteiger charge is 2.15. The van der Waals surface area contributed by atoms with Gasteiger partial charge in [0.15, 0.2) is 5.75 Å². The van der Waals surface area contributed by atoms with E-state index in [0.29, 0.717) is 38.7 Å². The SMILES string of the molecule is CCCCCCOc1c(Cl)cc(C(=O)Nc2ccccc2Cl)cc1Cl. The first-order valence-electron chi connectivity index (χ1n) is 8.20. The summed E-state index contributed by atoms with van der Waals surface area (Å²) in [6.45, 7) is 2.70. The minimum Gasteiger partial charge on any atom is -0.490 e. The highest BCUT2D eigenvalue weighted by molar-refractivity contribution is 6.38. The molecule has 0 aromatic heterocycles. The minimum absolute atomic E-state index is 0.312. The fourth-order valence-electron chi connectivity index (χ4n) is 2.29. The van der Waals surface area contributed by atoms with E-state index in [0.717, 1.165) is 19.3 Å². The van der Waals surface area contributed by atoms with Crippen molar-refractivity contribution >= 4 is 46.4 Å². The van der Waals surface area contributed by atoms with Gasteiger partial charge in [0.05, 0.1) is 27.4 Å². The van der Waals surface area contributed by atoms with Crippen LogP contribution in [-0.2, 0) is 0 Å². The Kier molecular flexibility index (Phi) is 7.89. The van der Waals surface area contributed by atoms with Gasteiger partial charge in [-0.15, -0.1) is 0 Å². The van der Waals surface area contributed by atoms with Crippen LogP contribution in [0.1, 0.15) is 43.0 Å². The van der Waals surface area contributed by atoms with E-state index < -0.39 is 0 Å². The molecule has 0 unspecified atom stereocenters. The summed E-state index contributed by atoms with van der Waals surface area (Å²) in [5.74, 6) is 0.0699. The van der Waals surface area contributed by atoms with Gasteiger partial charge >= 0.3 is 0 Å². The Balaban J connectivity index is 2.05. The van der Waals surface area contributed by atoms with Gasteiger partial charge in [-0.05, 0) is 30.7 Å². The second-order valence-corrected chi connectivity index (χ2v) is 6.83. The average Bonchev–Trinajstić information content (AvgIpc) is 2.58. The molecule has 6 heteroatoms. The number of carbonyl (C=O) groups excluding carboxylic acids is 1. The molecule has 0 aliphatic rings. The predicted octanol–water partition coefficient (Wildman–Crippen LogP) is 6.86. The molecule has 0 fully saturated rings. The van der Waals surface area contributed by atoms with Gasteiger partial charge in [0.2, 0.25) is 0 Å². The van der Waals surface area contributed by atoms with Crippen LogP contribution in [0.2, 0.25) is 15.1 Å². The molecule has 2 aromatic carbocycles. The second kappa shape index (κ2) is 9.91. The Bertz CT molecular complexity index is 711. The first-order valence-corrected chi connectivity index (χ1v) is 9.34. The van der Waals surface area contributed by atoms with E-state index in [1.54, 1.807) is 36.4 Å². The first-order chi connectivity index (χ1) is 12.0. The maximum Gasteiger partial charge on any atom is 0.255 e. The molecule has 134 valence electrons. The topological polar surface area (TPSA) is 38.3 Å². The number of nitrogens with one attached hydrogen (secondary N) is 1. The van der Waals surface area contributed by atoms with Crippen molar-refractivity contribution in [1.82, 2.24) is 0 Å². The Morgan fingerprint density at radius 3 is 2.32 bits per heavy atom. The van der Waals surface area contributed by atoms with E-state index in [-0.39, 0.29) is 5.91 Å². The van der Waals surface area contributed by atoms with E-state index in [1.807, 2.05) is 0 Å². The lowest BCUT2D eigenvalue weighted by molar-refractivity contribution is 0.102. The summed E-state index contributed by atoms with van der Waals surface area (Å²) in [5.41, 5.74) is 0.867. The highest BCUT2D eigenvalue weighted by Crippen LogP contribution is 2.35. The van der Waals surface area contributed by atoms with Gasteiger partial charge in [-0.25, -0.2) is 0 Å². The third-order valence-electron chi connectivity index (χ3n) is 3.63. The summed E-state index contributed by atoms with van der Waals surface area (Å²) in [5, 5.41) is 3.82. The van der Waals surface area contributed by atoms with Crippen LogP contribution in [0, 0.1) is 0 Å². The first kappa shape index (κ1) is 19.9. The fourth-order valence-corrected chi connectivity index (χ4v) is 3.07. The van der Waals surface area contributed by atoms with Gasteiger partial charge in [0, 0.05) is 5.56 Å². The standard InChI is InChI=1S/C19H20Cl3NO2/c1-2-3-4-7-10-25-18-15(21)11-13(12-16(18)22)19(24)23-17-9-6-5-8-14(17)20/h5-6,8-9,11-12H,2-4,7,10H2,1H3,(H,23,24). The normalized spacial score (nSPS) is 10.6. The van der Waals surface area contributed by atoms with Crippen molar-refractivity contribution in [2.45, 2.75) is 32.6 Å². The molecule has 25 heavy (non-hydrogen) atoms. The van der Waals surface area contributed by atoms with Crippen LogP contribution in [0.25, 0.3) is 0 Å². The Hall–Kier alpha value is -1.42. The molecule has 1 N–H and O–H groups in total. The van der Waals surface area contributed by atoms with Gasteiger partial charge in [-0.2, -0.15) is 0 Å². The average molecular weight is 401 g/mol. The van der Waals surface area contributed by atoms with E-state index in [2.05, 4.69) is 12.2 Å². The predicted molar refractivity (Wildman–Crippen MR) is 106 cm³/mol. The van der Waals surface area contributed by atoms with Crippen LogP contribution in [0.15, 0.2) is 36.4 Å². The molecular formula is C19H20Cl3NO2. The van der Waals surface area contributed by atoms with Crippen molar-refractivity contribution in [1.29, 1.82) is 0 Å². The van der Waals surface area contributed by atoms with E-state index >= 15 is 0 Å². The summed E-state index contributed by atoms with van der Waals surface area (Å²) >= 11 is 18.5. The zero-order valence-electron chi connectivity index (χ0n) is 14.0. The van der Waals surface area contributed by atoms with Gasteiger partial charge in [0.25, 0.3) is 5.91 Å². The second-order valence-electron chi connectivity index (χ2n) is 5.61. The zero-order chi connectivity index (χ0) is 18.2. The zero-order valence-corrected chi connectivity index (χ0v) is 16.2. The summed E-state index contributed by atoms with van der Waals surface area (Å²) in [6.07, 6.45) is 4.38. The van der Waals surface area contributed by atoms with Crippen LogP contribution in [0.5, 0.6) is 5.75 Å². The summed E-state index contributed by atoms with van der Waals surface area (Å²) in [6, 6.07) is 10.1. The maximum absolute atomic E-state index is 12.4. The lowest BCUT2D eigenvalue weighted by Gasteiger charge is -2.12. The highest BCUT2D eigenvalue weighted by atomic mass is 35.5. The quantitative estimate of drug-likeness (QED) is 0.492. The molecule has 0 atom stereocenters. The number of unbranched alkanes of at least 4 members (excludes halogenated alkanes) is 3. The minimum atomic E-state index is -0.341. The largest absolute Gasteiger partial charge is 0.490 e. The van der Waals surface area contributed by atoms with Crippen LogP contribution < -0.4 is 10.1 Å². The molecule has 0 bridgehead atoms. The lowest BCUT2D eigenvalue weighted by Crippen LogP contribution is -2.12. The number of anilines is 1. The summed E-state index contributed by atoms with van der Waals surface area (Å²) < 4.78 is 5.67. The molecular weight excluding hydrogens is 381 g/mol. The molecule has 3 nitrogen and oxygen atoms in total. The number of halogens is 3. The number of hydrogen-bond donors (Lipinski definition) is 1. The molecule has 0 saturated carbocycles. The molecule has 2 aromatic rings. The smallest absolute Gasteiger partial charge is 0.255 e. The monoisotopic (exact) mass is 399 g/mol. The van der Waals surface area contributed by atoms with Crippen molar-refractivity contribution in [3.63, 3.8) is 0 Å². The fraction of sp³-hybridized carbons (Fsp3) is 0.316. The number of carbonyl (C=O) groups is 1. The Labute approximate surface area is 163 Å². The number of amides is 1. The van der Waals surface area contributed by atoms with Gasteiger partial charge in [-0.3, -0.25) is 4.79 Å². The Morgan fingerprint density at radius 1 is 1.00 bits per heavy atom. The lowest BCUT2D eigenvalue weighted by atomic mass is 10.2. The molecule has 2 rings (SSSR count). The number of benzene rings is 2. The molecule has 0 heterocycles. The van der Waals surface area contributed by atoms with Crippen molar-refractivity contribution in [2.75, 3.05) is 11.9 Å². The maximum atomic E-state index is 12.4. The van der Waals surface area contributed by atoms with Crippen molar-refractivity contribution in [3.05, 3.63) is 57.0 Å². The van der Waals surface area contributed by atoms with Gasteiger partial charge in [0.1, 0.15) is 0 Å². The van der Waals surface area contributed by atoms with E-state index in [4.69, 9.17) is 39.5 Å². The molecule has 0 spiro atoms. The van der Waals surface area contributed by atoms with Crippen LogP contribution in [0.4, 0.5) is 5.69 Å². The van der Waals surface area contributed by atoms with Crippen molar-refractivity contribution in [3.8, 4) is 5.75 Å². The van der Waals surface area contributed by atoms with Crippen molar-refractivity contribution in [2.24, 2.45) is 0 Å². The Morgan fingerprint density at radius 2 is 1.68 bits per heavy atom. The molecule has 0 radical (unpaired) electrons. The number of hydrogen-bond acceptors (Lipinski definition) is 2. The van der Waals surface area contributed by atoms with Crippen LogP contribution in [0.3, 0.4) is 0 Å².